The minimum absolute atomic E-state index is 0.0337. The van der Waals surface area contributed by atoms with Crippen molar-refractivity contribution in [2.45, 2.75) is 43.4 Å². The summed E-state index contributed by atoms with van der Waals surface area (Å²) in [7, 11) is 0. The van der Waals surface area contributed by atoms with E-state index < -0.39 is 0 Å². The molecule has 2 N–H and O–H groups in total. The highest BCUT2D eigenvalue weighted by atomic mass is 16.2. The molecule has 146 valence electrons. The lowest BCUT2D eigenvalue weighted by Gasteiger charge is -2.41. The van der Waals surface area contributed by atoms with Gasteiger partial charge in [-0.1, -0.05) is 24.3 Å². The molecule has 5 rings (SSSR count). The lowest BCUT2D eigenvalue weighted by Crippen LogP contribution is -2.42. The molecule has 28 heavy (non-hydrogen) atoms. The summed E-state index contributed by atoms with van der Waals surface area (Å²) in [5, 5.41) is 0. The number of anilines is 2. The molecule has 1 aromatic carbocycles. The summed E-state index contributed by atoms with van der Waals surface area (Å²) in [5.74, 6) is 1.35. The number of nitrogen functional groups attached to an aromatic ring is 1. The number of nitrogens with zero attached hydrogens (tertiary/aromatic N) is 3. The summed E-state index contributed by atoms with van der Waals surface area (Å²) < 4.78 is 0. The van der Waals surface area contributed by atoms with E-state index in [4.69, 9.17) is 5.73 Å². The molecule has 1 aromatic heterocycles. The number of hydrogen-bond acceptors (Lipinski definition) is 4. The van der Waals surface area contributed by atoms with Gasteiger partial charge in [-0.3, -0.25) is 4.79 Å². The fourth-order valence-corrected chi connectivity index (χ4v) is 5.52. The maximum Gasteiger partial charge on any atom is 0.230 e. The Morgan fingerprint density at radius 1 is 1.07 bits per heavy atom. The Labute approximate surface area is 166 Å². The van der Waals surface area contributed by atoms with Crippen LogP contribution in [0.4, 0.5) is 11.5 Å². The number of carbonyl (C=O) groups excluding carboxylic acids is 1. The first-order chi connectivity index (χ1) is 13.7. The SMILES string of the molecule is Nc1ccnc(N2CCC3(CC2)C[C@H](C(=O)N2CCCC2)c2ccccc23)c1. The molecule has 1 aliphatic carbocycles. The molecule has 0 unspecified atom stereocenters. The summed E-state index contributed by atoms with van der Waals surface area (Å²) >= 11 is 0. The number of piperidine rings is 1. The fourth-order valence-electron chi connectivity index (χ4n) is 5.52. The second-order valence-corrected chi connectivity index (χ2v) is 8.59. The zero-order valence-electron chi connectivity index (χ0n) is 16.3. The lowest BCUT2D eigenvalue weighted by atomic mass is 9.73. The average Bonchev–Trinajstić information content (AvgIpc) is 3.36. The zero-order valence-corrected chi connectivity index (χ0v) is 16.3. The minimum atomic E-state index is 0.0337. The van der Waals surface area contributed by atoms with Crippen LogP contribution < -0.4 is 10.6 Å². The van der Waals surface area contributed by atoms with Crippen molar-refractivity contribution in [1.82, 2.24) is 9.88 Å². The second kappa shape index (κ2) is 6.80. The van der Waals surface area contributed by atoms with Crippen molar-refractivity contribution in [2.24, 2.45) is 0 Å². The quantitative estimate of drug-likeness (QED) is 0.873. The highest BCUT2D eigenvalue weighted by Gasteiger charge is 2.48. The lowest BCUT2D eigenvalue weighted by molar-refractivity contribution is -0.132. The van der Waals surface area contributed by atoms with Crippen LogP contribution in [0.1, 0.15) is 49.1 Å². The number of fused-ring (bicyclic) bond motifs is 2. The van der Waals surface area contributed by atoms with E-state index in [1.807, 2.05) is 12.1 Å². The zero-order chi connectivity index (χ0) is 19.1. The van der Waals surface area contributed by atoms with Gasteiger partial charge in [0.05, 0.1) is 5.92 Å². The third-order valence-corrected chi connectivity index (χ3v) is 7.03. The molecule has 0 saturated carbocycles. The van der Waals surface area contributed by atoms with Gasteiger partial charge in [-0.15, -0.1) is 0 Å². The van der Waals surface area contributed by atoms with E-state index in [1.54, 1.807) is 6.20 Å². The number of pyridine rings is 1. The van der Waals surface area contributed by atoms with Crippen LogP contribution in [0, 0.1) is 0 Å². The summed E-state index contributed by atoms with van der Waals surface area (Å²) in [6, 6.07) is 12.5. The fraction of sp³-hybridized carbons (Fsp3) is 0.478. The van der Waals surface area contributed by atoms with Crippen molar-refractivity contribution < 1.29 is 4.79 Å². The number of carbonyl (C=O) groups is 1. The van der Waals surface area contributed by atoms with E-state index in [1.165, 1.54) is 11.1 Å². The monoisotopic (exact) mass is 376 g/mol. The maximum absolute atomic E-state index is 13.3. The first-order valence-corrected chi connectivity index (χ1v) is 10.5. The topological polar surface area (TPSA) is 62.5 Å². The molecule has 2 fully saturated rings. The Morgan fingerprint density at radius 2 is 1.82 bits per heavy atom. The van der Waals surface area contributed by atoms with Crippen LogP contribution in [-0.4, -0.2) is 42.0 Å². The third-order valence-electron chi connectivity index (χ3n) is 7.03. The molecule has 2 aromatic rings. The van der Waals surface area contributed by atoms with Crippen LogP contribution in [0.15, 0.2) is 42.6 Å². The molecule has 3 heterocycles. The second-order valence-electron chi connectivity index (χ2n) is 8.59. The van der Waals surface area contributed by atoms with Gasteiger partial charge >= 0.3 is 0 Å². The number of nitrogens with two attached hydrogens (primary N) is 1. The van der Waals surface area contributed by atoms with E-state index >= 15 is 0 Å². The molecule has 2 saturated heterocycles. The van der Waals surface area contributed by atoms with Crippen molar-refractivity contribution >= 4 is 17.4 Å². The number of hydrogen-bond donors (Lipinski definition) is 1. The van der Waals surface area contributed by atoms with Crippen LogP contribution >= 0.6 is 0 Å². The third kappa shape index (κ3) is 2.84. The van der Waals surface area contributed by atoms with Gasteiger partial charge in [0, 0.05) is 49.5 Å². The van der Waals surface area contributed by atoms with Crippen molar-refractivity contribution in [3.63, 3.8) is 0 Å². The largest absolute Gasteiger partial charge is 0.399 e. The number of amides is 1. The molecule has 1 spiro atoms. The molecule has 0 bridgehead atoms. The first-order valence-electron chi connectivity index (χ1n) is 10.5. The van der Waals surface area contributed by atoms with Gasteiger partial charge in [0.1, 0.15) is 5.82 Å². The van der Waals surface area contributed by atoms with Crippen molar-refractivity contribution in [3.8, 4) is 0 Å². The molecule has 3 aliphatic rings. The summed E-state index contributed by atoms with van der Waals surface area (Å²) in [4.78, 5) is 22.2. The molecule has 2 aliphatic heterocycles. The molecule has 5 heteroatoms. The summed E-state index contributed by atoms with van der Waals surface area (Å²) in [6.07, 6.45) is 7.15. The predicted octanol–water partition coefficient (Wildman–Crippen LogP) is 3.31. The predicted molar refractivity (Wildman–Crippen MR) is 111 cm³/mol. The minimum Gasteiger partial charge on any atom is -0.399 e. The van der Waals surface area contributed by atoms with Gasteiger partial charge in [0.2, 0.25) is 5.91 Å². The number of benzene rings is 1. The van der Waals surface area contributed by atoms with Crippen LogP contribution in [0.5, 0.6) is 0 Å². The van der Waals surface area contributed by atoms with E-state index in [9.17, 15) is 4.79 Å². The number of aromatic nitrogens is 1. The van der Waals surface area contributed by atoms with Gasteiger partial charge in [-0.05, 0) is 49.3 Å². The maximum atomic E-state index is 13.3. The Balaban J connectivity index is 1.39. The molecule has 5 nitrogen and oxygen atoms in total. The Kier molecular flexibility index (Phi) is 4.26. The Bertz CT molecular complexity index is 882. The summed E-state index contributed by atoms with van der Waals surface area (Å²) in [6.45, 7) is 3.77. The van der Waals surface area contributed by atoms with Gasteiger partial charge < -0.3 is 15.5 Å². The highest BCUT2D eigenvalue weighted by Crippen LogP contribution is 2.52. The molecular formula is C23H28N4O. The van der Waals surface area contributed by atoms with E-state index in [0.29, 0.717) is 5.91 Å². The summed E-state index contributed by atoms with van der Waals surface area (Å²) in [5.41, 5.74) is 9.51. The highest BCUT2D eigenvalue weighted by molar-refractivity contribution is 5.86. The van der Waals surface area contributed by atoms with Gasteiger partial charge in [0.25, 0.3) is 0 Å². The Hall–Kier alpha value is -2.56. The molecule has 1 atom stereocenters. The van der Waals surface area contributed by atoms with Gasteiger partial charge in [-0.2, -0.15) is 0 Å². The molecule has 0 radical (unpaired) electrons. The first kappa shape index (κ1) is 17.5. The molecule has 1 amide bonds. The van der Waals surface area contributed by atoms with Crippen LogP contribution in [-0.2, 0) is 10.2 Å². The van der Waals surface area contributed by atoms with Crippen LogP contribution in [0.2, 0.25) is 0 Å². The van der Waals surface area contributed by atoms with E-state index in [2.05, 4.69) is 39.0 Å². The van der Waals surface area contributed by atoms with E-state index in [-0.39, 0.29) is 11.3 Å². The van der Waals surface area contributed by atoms with Crippen molar-refractivity contribution in [3.05, 3.63) is 53.7 Å². The average molecular weight is 377 g/mol. The molecular weight excluding hydrogens is 348 g/mol. The standard InChI is InChI=1S/C23H28N4O/c24-17-7-10-25-21(15-17)26-13-8-23(9-14-26)16-19(18-5-1-2-6-20(18)23)22(28)27-11-3-4-12-27/h1-2,5-7,10,15,19H,3-4,8-9,11-14,16H2,(H2,24,25)/t19-/m0/s1. The van der Waals surface area contributed by atoms with Crippen molar-refractivity contribution in [1.29, 1.82) is 0 Å². The normalized spacial score (nSPS) is 23.2. The smallest absolute Gasteiger partial charge is 0.230 e. The number of likely N-dealkylation sites (tertiary alicyclic amines) is 1. The Morgan fingerprint density at radius 3 is 2.57 bits per heavy atom. The van der Waals surface area contributed by atoms with Gasteiger partial charge in [-0.25, -0.2) is 4.98 Å². The van der Waals surface area contributed by atoms with Crippen LogP contribution in [0.25, 0.3) is 0 Å². The van der Waals surface area contributed by atoms with Gasteiger partial charge in [0.15, 0.2) is 0 Å². The van der Waals surface area contributed by atoms with Crippen molar-refractivity contribution in [2.75, 3.05) is 36.8 Å². The van der Waals surface area contributed by atoms with Crippen LogP contribution in [0.3, 0.4) is 0 Å². The number of rotatable bonds is 2. The van der Waals surface area contributed by atoms with E-state index in [0.717, 1.165) is 69.8 Å².